The van der Waals surface area contributed by atoms with Gasteiger partial charge in [0.05, 0.1) is 10.0 Å². The van der Waals surface area contributed by atoms with Crippen LogP contribution in [0.25, 0.3) is 6.08 Å². The van der Waals surface area contributed by atoms with Gasteiger partial charge in [-0.05, 0) is 49.1 Å². The first-order valence-electron chi connectivity index (χ1n) is 11.8. The minimum atomic E-state index is -0.971. The zero-order valence-corrected chi connectivity index (χ0v) is 21.7. The quantitative estimate of drug-likeness (QED) is 0.344. The van der Waals surface area contributed by atoms with Crippen LogP contribution < -0.4 is 5.32 Å². The van der Waals surface area contributed by atoms with E-state index in [1.807, 2.05) is 18.4 Å². The van der Waals surface area contributed by atoms with Gasteiger partial charge in [0.2, 0.25) is 11.8 Å². The number of carboxylic acids is 1. The normalized spacial score (nSPS) is 18.7. The Morgan fingerprint density at radius 3 is 2.41 bits per heavy atom. The van der Waals surface area contributed by atoms with Crippen molar-refractivity contribution in [3.8, 4) is 0 Å². The Labute approximate surface area is 215 Å². The molecule has 1 aromatic carbocycles. The molecule has 0 radical (unpaired) electrons. The van der Waals surface area contributed by atoms with Crippen LogP contribution >= 0.6 is 35.0 Å². The number of carbonyl (C=O) groups is 3. The van der Waals surface area contributed by atoms with Crippen molar-refractivity contribution in [3.05, 3.63) is 33.8 Å². The van der Waals surface area contributed by atoms with Crippen molar-refractivity contribution in [3.63, 3.8) is 0 Å². The lowest BCUT2D eigenvalue weighted by Crippen LogP contribution is -2.48. The fourth-order valence-corrected chi connectivity index (χ4v) is 5.90. The van der Waals surface area contributed by atoms with Crippen LogP contribution in [-0.4, -0.2) is 53.2 Å². The molecule has 0 bridgehead atoms. The summed E-state index contributed by atoms with van der Waals surface area (Å²) in [4.78, 5) is 39.7. The Kier molecular flexibility index (Phi) is 10.2. The van der Waals surface area contributed by atoms with Gasteiger partial charge < -0.3 is 15.3 Å². The van der Waals surface area contributed by atoms with Gasteiger partial charge >= 0.3 is 5.97 Å². The van der Waals surface area contributed by atoms with Crippen molar-refractivity contribution in [1.29, 1.82) is 0 Å². The molecular formula is C25H32Cl2N2O4S. The SMILES string of the molecule is CSc1ccc(C=CC(=O)N2CCC(C(=O)NC(CC3CCCCC3)C(=O)O)CC2)c(Cl)c1Cl. The van der Waals surface area contributed by atoms with Crippen molar-refractivity contribution in [2.75, 3.05) is 19.3 Å². The summed E-state index contributed by atoms with van der Waals surface area (Å²) in [5.74, 6) is -1.27. The summed E-state index contributed by atoms with van der Waals surface area (Å²) in [5.41, 5.74) is 0.671. The lowest BCUT2D eigenvalue weighted by Gasteiger charge is -2.32. The number of nitrogens with zero attached hydrogens (tertiary/aromatic N) is 1. The van der Waals surface area contributed by atoms with Gasteiger partial charge in [-0.2, -0.15) is 0 Å². The first kappa shape index (κ1) is 26.9. The minimum absolute atomic E-state index is 0.152. The lowest BCUT2D eigenvalue weighted by molar-refractivity contribution is -0.143. The van der Waals surface area contributed by atoms with Crippen LogP contribution in [-0.2, 0) is 14.4 Å². The number of hydrogen-bond acceptors (Lipinski definition) is 4. The minimum Gasteiger partial charge on any atom is -0.480 e. The number of amides is 2. The molecule has 186 valence electrons. The molecule has 2 amide bonds. The van der Waals surface area contributed by atoms with Gasteiger partial charge in [0.15, 0.2) is 0 Å². The number of halogens is 2. The van der Waals surface area contributed by atoms with Crippen molar-refractivity contribution >= 4 is 58.8 Å². The van der Waals surface area contributed by atoms with E-state index in [1.165, 1.54) is 24.3 Å². The summed E-state index contributed by atoms with van der Waals surface area (Å²) < 4.78 is 0. The molecular weight excluding hydrogens is 495 g/mol. The summed E-state index contributed by atoms with van der Waals surface area (Å²) >= 11 is 14.1. The summed E-state index contributed by atoms with van der Waals surface area (Å²) in [6.07, 6.45) is 12.1. The highest BCUT2D eigenvalue weighted by Crippen LogP contribution is 2.35. The number of aliphatic carboxylic acids is 1. The van der Waals surface area contributed by atoms with Crippen LogP contribution in [0.4, 0.5) is 0 Å². The third kappa shape index (κ3) is 7.15. The van der Waals surface area contributed by atoms with E-state index in [2.05, 4.69) is 5.32 Å². The summed E-state index contributed by atoms with van der Waals surface area (Å²) in [7, 11) is 0. The lowest BCUT2D eigenvalue weighted by atomic mass is 9.84. The third-order valence-corrected chi connectivity index (χ3v) is 8.58. The van der Waals surface area contributed by atoms with Gasteiger partial charge in [-0.1, -0.05) is 61.4 Å². The number of likely N-dealkylation sites (tertiary alicyclic amines) is 1. The van der Waals surface area contributed by atoms with Crippen LogP contribution in [0.15, 0.2) is 23.1 Å². The van der Waals surface area contributed by atoms with E-state index < -0.39 is 12.0 Å². The fourth-order valence-electron chi connectivity index (χ4n) is 4.73. The second-order valence-electron chi connectivity index (χ2n) is 9.06. The van der Waals surface area contributed by atoms with Crippen LogP contribution in [0, 0.1) is 11.8 Å². The van der Waals surface area contributed by atoms with E-state index in [9.17, 15) is 19.5 Å². The number of benzene rings is 1. The predicted octanol–water partition coefficient (Wildman–Crippen LogP) is 5.51. The smallest absolute Gasteiger partial charge is 0.326 e. The highest BCUT2D eigenvalue weighted by atomic mass is 35.5. The maximum absolute atomic E-state index is 12.7. The maximum atomic E-state index is 12.7. The first-order chi connectivity index (χ1) is 16.3. The average Bonchev–Trinajstić information content (AvgIpc) is 2.85. The Bertz CT molecular complexity index is 926. The molecule has 6 nitrogen and oxygen atoms in total. The van der Waals surface area contributed by atoms with E-state index >= 15 is 0 Å². The van der Waals surface area contributed by atoms with E-state index in [0.29, 0.717) is 53.9 Å². The molecule has 1 aliphatic carbocycles. The molecule has 1 saturated heterocycles. The zero-order chi connectivity index (χ0) is 24.7. The second-order valence-corrected chi connectivity index (χ2v) is 10.7. The predicted molar refractivity (Wildman–Crippen MR) is 137 cm³/mol. The van der Waals surface area contributed by atoms with E-state index in [0.717, 1.165) is 30.6 Å². The number of rotatable bonds is 8. The van der Waals surface area contributed by atoms with Gasteiger partial charge in [-0.15, -0.1) is 11.8 Å². The Morgan fingerprint density at radius 2 is 1.79 bits per heavy atom. The number of nitrogens with one attached hydrogen (secondary N) is 1. The molecule has 34 heavy (non-hydrogen) atoms. The zero-order valence-electron chi connectivity index (χ0n) is 19.4. The van der Waals surface area contributed by atoms with E-state index in [4.69, 9.17) is 23.2 Å². The largest absolute Gasteiger partial charge is 0.480 e. The molecule has 2 fully saturated rings. The number of thioether (sulfide) groups is 1. The van der Waals surface area contributed by atoms with Crippen molar-refractivity contribution in [1.82, 2.24) is 10.2 Å². The van der Waals surface area contributed by atoms with Crippen LogP contribution in [0.5, 0.6) is 0 Å². The monoisotopic (exact) mass is 526 g/mol. The second kappa shape index (κ2) is 12.8. The van der Waals surface area contributed by atoms with E-state index in [1.54, 1.807) is 11.0 Å². The molecule has 0 aromatic heterocycles. The Morgan fingerprint density at radius 1 is 1.12 bits per heavy atom. The highest BCUT2D eigenvalue weighted by Gasteiger charge is 2.31. The molecule has 1 aliphatic heterocycles. The molecule has 9 heteroatoms. The molecule has 3 rings (SSSR count). The Balaban J connectivity index is 1.50. The number of piperidine rings is 1. The summed E-state index contributed by atoms with van der Waals surface area (Å²) in [5, 5.41) is 13.2. The number of hydrogen-bond donors (Lipinski definition) is 2. The first-order valence-corrected chi connectivity index (χ1v) is 13.8. The molecule has 1 atom stereocenters. The van der Waals surface area contributed by atoms with Gasteiger partial charge in [0.25, 0.3) is 0 Å². The van der Waals surface area contributed by atoms with Crippen molar-refractivity contribution in [2.24, 2.45) is 11.8 Å². The van der Waals surface area contributed by atoms with Gasteiger partial charge in [-0.3, -0.25) is 9.59 Å². The van der Waals surface area contributed by atoms with Gasteiger partial charge in [0.1, 0.15) is 6.04 Å². The summed E-state index contributed by atoms with van der Waals surface area (Å²) in [6.45, 7) is 0.892. The topological polar surface area (TPSA) is 86.7 Å². The molecule has 2 N–H and O–H groups in total. The standard InChI is InChI=1S/C25H32Cl2N2O4S/c1-34-20-9-7-17(22(26)23(20)27)8-10-21(30)29-13-11-18(12-14-29)24(31)28-19(25(32)33)15-16-5-3-2-4-6-16/h7-10,16,18-19H,2-6,11-15H2,1H3,(H,28,31)(H,32,33). The van der Waals surface area contributed by atoms with E-state index in [-0.39, 0.29) is 17.7 Å². The van der Waals surface area contributed by atoms with Gasteiger partial charge in [-0.25, -0.2) is 4.79 Å². The molecule has 1 heterocycles. The van der Waals surface area contributed by atoms with Crippen LogP contribution in [0.2, 0.25) is 10.0 Å². The summed E-state index contributed by atoms with van der Waals surface area (Å²) in [6, 6.07) is 2.85. The highest BCUT2D eigenvalue weighted by molar-refractivity contribution is 7.98. The molecule has 0 spiro atoms. The molecule has 1 aromatic rings. The molecule has 2 aliphatic rings. The number of carboxylic acid groups (broad SMARTS) is 1. The number of carbonyl (C=O) groups excluding carboxylic acids is 2. The van der Waals surface area contributed by atoms with Crippen molar-refractivity contribution in [2.45, 2.75) is 62.3 Å². The average molecular weight is 528 g/mol. The Hall–Kier alpha value is -1.70. The third-order valence-electron chi connectivity index (χ3n) is 6.79. The molecule has 1 unspecified atom stereocenters. The maximum Gasteiger partial charge on any atom is 0.326 e. The van der Waals surface area contributed by atoms with Crippen molar-refractivity contribution < 1.29 is 19.5 Å². The van der Waals surface area contributed by atoms with Crippen LogP contribution in [0.1, 0.15) is 56.9 Å². The van der Waals surface area contributed by atoms with Gasteiger partial charge in [0, 0.05) is 30.0 Å². The fraction of sp³-hybridized carbons (Fsp3) is 0.560. The van der Waals surface area contributed by atoms with Crippen LogP contribution in [0.3, 0.4) is 0 Å². The molecule has 1 saturated carbocycles.